The Balaban J connectivity index is 0.000000158. The number of nitrogens with zero attached hydrogens (tertiary/aromatic N) is 2. The van der Waals surface area contributed by atoms with E-state index in [4.69, 9.17) is 14.2 Å². The molecule has 2 aromatic rings. The lowest BCUT2D eigenvalue weighted by Crippen LogP contribution is -2.43. The minimum absolute atomic E-state index is 0.241. The fourth-order valence-corrected chi connectivity index (χ4v) is 4.85. The molecule has 7 heteroatoms. The maximum Gasteiger partial charge on any atom is 0.168 e. The van der Waals surface area contributed by atoms with Crippen LogP contribution in [0.5, 0.6) is 0 Å². The van der Waals surface area contributed by atoms with Crippen molar-refractivity contribution in [1.82, 2.24) is 9.97 Å². The van der Waals surface area contributed by atoms with Gasteiger partial charge in [-0.15, -0.1) is 0 Å². The summed E-state index contributed by atoms with van der Waals surface area (Å²) in [5, 5.41) is 10.2. The number of carbonyl (C=O) groups excluding carboxylic acids is 1. The van der Waals surface area contributed by atoms with Crippen LogP contribution in [-0.4, -0.2) is 47.0 Å². The highest BCUT2D eigenvalue weighted by Crippen LogP contribution is 2.46. The smallest absolute Gasteiger partial charge is 0.168 e. The quantitative estimate of drug-likeness (QED) is 0.779. The fraction of sp³-hybridized carbons (Fsp3) is 0.560. The Morgan fingerprint density at radius 2 is 1.41 bits per heavy atom. The van der Waals surface area contributed by atoms with Gasteiger partial charge in [0, 0.05) is 45.2 Å². The van der Waals surface area contributed by atoms with Crippen molar-refractivity contribution < 1.29 is 24.1 Å². The zero-order valence-electron chi connectivity index (χ0n) is 18.7. The first kappa shape index (κ1) is 23.0. The average molecular weight is 441 g/mol. The van der Waals surface area contributed by atoms with Crippen LogP contribution in [0.15, 0.2) is 48.8 Å². The van der Waals surface area contributed by atoms with Gasteiger partial charge in [0.1, 0.15) is 17.0 Å². The minimum Gasteiger partial charge on any atom is -0.384 e. The van der Waals surface area contributed by atoms with Crippen molar-refractivity contribution in [2.24, 2.45) is 0 Å². The van der Waals surface area contributed by atoms with E-state index in [0.717, 1.165) is 31.4 Å². The molecule has 2 aliphatic carbocycles. The first-order chi connectivity index (χ1) is 15.5. The van der Waals surface area contributed by atoms with E-state index in [-0.39, 0.29) is 17.2 Å². The molecule has 7 nitrogen and oxygen atoms in total. The third-order valence-electron chi connectivity index (χ3n) is 6.93. The van der Waals surface area contributed by atoms with Gasteiger partial charge in [-0.3, -0.25) is 14.8 Å². The number of aliphatic hydroxyl groups is 1. The second-order valence-electron chi connectivity index (χ2n) is 8.81. The molecule has 32 heavy (non-hydrogen) atoms. The van der Waals surface area contributed by atoms with E-state index in [0.29, 0.717) is 44.6 Å². The third-order valence-corrected chi connectivity index (χ3v) is 6.93. The number of hydrogen-bond acceptors (Lipinski definition) is 7. The fourth-order valence-electron chi connectivity index (χ4n) is 4.85. The van der Waals surface area contributed by atoms with Gasteiger partial charge in [0.2, 0.25) is 0 Å². The van der Waals surface area contributed by atoms with Gasteiger partial charge >= 0.3 is 0 Å². The van der Waals surface area contributed by atoms with Crippen LogP contribution in [-0.2, 0) is 30.2 Å². The number of carbonyl (C=O) groups is 1. The summed E-state index contributed by atoms with van der Waals surface area (Å²) in [6, 6.07) is 11.5. The summed E-state index contributed by atoms with van der Waals surface area (Å²) in [4.78, 5) is 19.6. The molecular formula is C25H32N2O5. The van der Waals surface area contributed by atoms with Gasteiger partial charge < -0.3 is 19.3 Å². The van der Waals surface area contributed by atoms with Gasteiger partial charge in [0.05, 0.1) is 24.6 Å². The van der Waals surface area contributed by atoms with Crippen LogP contribution in [0.3, 0.4) is 0 Å². The van der Waals surface area contributed by atoms with Gasteiger partial charge in [0.25, 0.3) is 0 Å². The topological polar surface area (TPSA) is 90.8 Å². The predicted octanol–water partition coefficient (Wildman–Crippen LogP) is 3.65. The molecule has 3 heterocycles. The molecule has 0 amide bonds. The molecule has 2 saturated carbocycles. The largest absolute Gasteiger partial charge is 0.384 e. The summed E-state index contributed by atoms with van der Waals surface area (Å²) in [6.45, 7) is 1.42. The Bertz CT molecular complexity index is 864. The third kappa shape index (κ3) is 4.91. The Morgan fingerprint density at radius 3 is 1.91 bits per heavy atom. The first-order valence-electron chi connectivity index (χ1n) is 11.4. The maximum absolute atomic E-state index is 11.1. The molecule has 1 saturated heterocycles. The molecule has 0 unspecified atom stereocenters. The second-order valence-corrected chi connectivity index (χ2v) is 8.81. The first-order valence-corrected chi connectivity index (χ1v) is 11.4. The lowest BCUT2D eigenvalue weighted by molar-refractivity contribution is -0.209. The number of aromatic nitrogens is 2. The van der Waals surface area contributed by atoms with E-state index in [1.807, 2.05) is 42.6 Å². The molecule has 0 atom stereocenters. The highest BCUT2D eigenvalue weighted by molar-refractivity contribution is 5.79. The van der Waals surface area contributed by atoms with Crippen LogP contribution < -0.4 is 0 Å². The molecule has 2 aromatic heterocycles. The summed E-state index contributed by atoms with van der Waals surface area (Å²) >= 11 is 0. The zero-order chi connectivity index (χ0) is 22.5. The molecule has 5 rings (SSSR count). The van der Waals surface area contributed by atoms with E-state index in [1.165, 1.54) is 0 Å². The van der Waals surface area contributed by atoms with Crippen LogP contribution in [0.25, 0.3) is 0 Å². The van der Waals surface area contributed by atoms with Crippen molar-refractivity contribution in [3.8, 4) is 0 Å². The van der Waals surface area contributed by atoms with Crippen LogP contribution in [0.1, 0.15) is 62.8 Å². The number of methoxy groups -OCH3 is 1. The van der Waals surface area contributed by atoms with Crippen molar-refractivity contribution in [2.45, 2.75) is 68.4 Å². The number of ketones is 1. The van der Waals surface area contributed by atoms with Crippen molar-refractivity contribution in [1.29, 1.82) is 0 Å². The van der Waals surface area contributed by atoms with Crippen molar-refractivity contribution in [2.75, 3.05) is 20.3 Å². The molecule has 172 valence electrons. The van der Waals surface area contributed by atoms with E-state index in [9.17, 15) is 9.90 Å². The van der Waals surface area contributed by atoms with Crippen LogP contribution >= 0.6 is 0 Å². The molecule has 3 fully saturated rings. The van der Waals surface area contributed by atoms with Gasteiger partial charge in [-0.25, -0.2) is 0 Å². The number of Topliss-reactive ketones (excluding diaryl/α,β-unsaturated/α-hetero) is 1. The van der Waals surface area contributed by atoms with E-state index in [2.05, 4.69) is 9.97 Å². The number of ether oxygens (including phenoxy) is 3. The summed E-state index contributed by atoms with van der Waals surface area (Å²) < 4.78 is 17.3. The molecule has 0 radical (unpaired) electrons. The van der Waals surface area contributed by atoms with Gasteiger partial charge in [-0.05, 0) is 49.9 Å². The summed E-state index contributed by atoms with van der Waals surface area (Å²) in [6.07, 6.45) is 8.95. The highest BCUT2D eigenvalue weighted by atomic mass is 16.7. The number of hydrogen-bond donors (Lipinski definition) is 1. The van der Waals surface area contributed by atoms with Crippen molar-refractivity contribution >= 4 is 5.78 Å². The molecule has 0 aromatic carbocycles. The minimum atomic E-state index is -0.880. The van der Waals surface area contributed by atoms with E-state index >= 15 is 0 Å². The molecule has 1 N–H and O–H groups in total. The van der Waals surface area contributed by atoms with Gasteiger partial charge in [0.15, 0.2) is 5.79 Å². The van der Waals surface area contributed by atoms with Gasteiger partial charge in [-0.2, -0.15) is 0 Å². The Hall–Kier alpha value is -2.19. The Labute approximate surface area is 189 Å². The van der Waals surface area contributed by atoms with E-state index in [1.54, 1.807) is 13.3 Å². The molecule has 1 aliphatic heterocycles. The van der Waals surface area contributed by atoms with Crippen LogP contribution in [0, 0.1) is 0 Å². The summed E-state index contributed by atoms with van der Waals surface area (Å²) in [7, 11) is 1.77. The summed E-state index contributed by atoms with van der Waals surface area (Å²) in [5.41, 5.74) is 0.546. The van der Waals surface area contributed by atoms with E-state index < -0.39 is 5.60 Å². The number of rotatable bonds is 3. The highest BCUT2D eigenvalue weighted by Gasteiger charge is 2.47. The molecule has 1 spiro atoms. The summed E-state index contributed by atoms with van der Waals surface area (Å²) in [5.74, 6) is -0.109. The lowest BCUT2D eigenvalue weighted by Gasteiger charge is -2.42. The SMILES string of the molecule is COC1(c2ccccn2)CCC2(CC1)OCCO2.O=C1CCC(O)(c2ccccn2)CC1. The van der Waals surface area contributed by atoms with Crippen LogP contribution in [0.2, 0.25) is 0 Å². The lowest BCUT2D eigenvalue weighted by atomic mass is 9.79. The monoisotopic (exact) mass is 440 g/mol. The normalized spacial score (nSPS) is 23.4. The molecule has 0 bridgehead atoms. The molecule has 3 aliphatic rings. The maximum atomic E-state index is 11.1. The molecular weight excluding hydrogens is 408 g/mol. The van der Waals surface area contributed by atoms with Crippen molar-refractivity contribution in [3.63, 3.8) is 0 Å². The zero-order valence-corrected chi connectivity index (χ0v) is 18.7. The van der Waals surface area contributed by atoms with Crippen LogP contribution in [0.4, 0.5) is 0 Å². The standard InChI is InChI=1S/C14H19NO3.C11H13NO2/c1-16-13(12-4-2-3-9-15-12)5-7-14(8-6-13)17-10-11-18-14;13-9-4-6-11(14,7-5-9)10-3-1-2-8-12-10/h2-4,9H,5-8,10-11H2,1H3;1-3,8,14H,4-7H2. The average Bonchev–Trinajstić information content (AvgIpc) is 3.32. The Morgan fingerprint density at radius 1 is 0.844 bits per heavy atom. The Kier molecular flexibility index (Phi) is 7.00. The van der Waals surface area contributed by atoms with Crippen molar-refractivity contribution in [3.05, 3.63) is 60.2 Å². The van der Waals surface area contributed by atoms with Gasteiger partial charge in [-0.1, -0.05) is 12.1 Å². The second kappa shape index (κ2) is 9.75. The predicted molar refractivity (Wildman–Crippen MR) is 118 cm³/mol. The number of pyridine rings is 2.